The zero-order valence-electron chi connectivity index (χ0n) is 8.37. The zero-order chi connectivity index (χ0) is 9.72. The SMILES string of the molecule is C=C(C)/C(F)=C\C(CC)=C(C)C. The first-order chi connectivity index (χ1) is 5.49. The molecular formula is C11H17F. The fraction of sp³-hybridized carbons (Fsp3) is 0.455. The van der Waals surface area contributed by atoms with Crippen molar-refractivity contribution in [3.8, 4) is 0 Å². The summed E-state index contributed by atoms with van der Waals surface area (Å²) in [5, 5.41) is 0. The molecule has 0 aromatic rings. The Hall–Kier alpha value is -0.850. The Kier molecular flexibility index (Phi) is 4.57. The standard InChI is InChI=1S/C11H17F/c1-6-10(8(2)3)7-11(12)9(4)5/h7H,4,6H2,1-3,5H3/b11-7+. The van der Waals surface area contributed by atoms with Gasteiger partial charge in [0.05, 0.1) is 0 Å². The van der Waals surface area contributed by atoms with Crippen molar-refractivity contribution in [2.45, 2.75) is 34.1 Å². The van der Waals surface area contributed by atoms with Crippen LogP contribution >= 0.6 is 0 Å². The summed E-state index contributed by atoms with van der Waals surface area (Å²) < 4.78 is 13.1. The van der Waals surface area contributed by atoms with Gasteiger partial charge in [0.25, 0.3) is 0 Å². The van der Waals surface area contributed by atoms with Gasteiger partial charge >= 0.3 is 0 Å². The molecule has 1 heteroatoms. The van der Waals surface area contributed by atoms with E-state index in [0.717, 1.165) is 17.6 Å². The van der Waals surface area contributed by atoms with E-state index in [1.165, 1.54) is 0 Å². The van der Waals surface area contributed by atoms with Gasteiger partial charge in [-0.3, -0.25) is 0 Å². The molecule has 0 nitrogen and oxygen atoms in total. The van der Waals surface area contributed by atoms with Gasteiger partial charge in [-0.05, 0) is 44.4 Å². The van der Waals surface area contributed by atoms with Crippen LogP contribution in [0.2, 0.25) is 0 Å². The maximum absolute atomic E-state index is 13.1. The van der Waals surface area contributed by atoms with E-state index in [1.54, 1.807) is 13.0 Å². The van der Waals surface area contributed by atoms with Gasteiger partial charge in [-0.25, -0.2) is 4.39 Å². The first-order valence-electron chi connectivity index (χ1n) is 4.18. The summed E-state index contributed by atoms with van der Waals surface area (Å²) in [6.45, 7) is 11.2. The van der Waals surface area contributed by atoms with E-state index in [4.69, 9.17) is 0 Å². The smallest absolute Gasteiger partial charge is 0.125 e. The summed E-state index contributed by atoms with van der Waals surface area (Å²) in [5.74, 6) is -0.215. The van der Waals surface area contributed by atoms with Crippen molar-refractivity contribution in [2.75, 3.05) is 0 Å². The molecule has 68 valence electrons. The molecule has 0 N–H and O–H groups in total. The van der Waals surface area contributed by atoms with Crippen molar-refractivity contribution in [2.24, 2.45) is 0 Å². The highest BCUT2D eigenvalue weighted by Gasteiger charge is 1.98. The van der Waals surface area contributed by atoms with Crippen LogP contribution in [0.1, 0.15) is 34.1 Å². The summed E-state index contributed by atoms with van der Waals surface area (Å²) >= 11 is 0. The molecule has 0 aromatic carbocycles. The number of rotatable bonds is 3. The molecule has 0 aromatic heterocycles. The van der Waals surface area contributed by atoms with Crippen LogP contribution in [0.5, 0.6) is 0 Å². The number of hydrogen-bond donors (Lipinski definition) is 0. The van der Waals surface area contributed by atoms with E-state index >= 15 is 0 Å². The molecule has 0 fully saturated rings. The second-order valence-corrected chi connectivity index (χ2v) is 3.15. The minimum atomic E-state index is -0.215. The second-order valence-electron chi connectivity index (χ2n) is 3.15. The third-order valence-electron chi connectivity index (χ3n) is 1.73. The van der Waals surface area contributed by atoms with Crippen LogP contribution in [0.15, 0.2) is 35.2 Å². The molecule has 12 heavy (non-hydrogen) atoms. The quantitative estimate of drug-likeness (QED) is 0.555. The van der Waals surface area contributed by atoms with Crippen LogP contribution in [0.3, 0.4) is 0 Å². The maximum Gasteiger partial charge on any atom is 0.125 e. The van der Waals surface area contributed by atoms with Crippen LogP contribution in [0, 0.1) is 0 Å². The van der Waals surface area contributed by atoms with Gasteiger partial charge in [-0.15, -0.1) is 0 Å². The Morgan fingerprint density at radius 2 is 1.83 bits per heavy atom. The fourth-order valence-corrected chi connectivity index (χ4v) is 0.876. The maximum atomic E-state index is 13.1. The molecular weight excluding hydrogens is 151 g/mol. The van der Waals surface area contributed by atoms with Gasteiger partial charge in [0.15, 0.2) is 0 Å². The summed E-state index contributed by atoms with van der Waals surface area (Å²) in [6, 6.07) is 0. The Morgan fingerprint density at radius 3 is 2.08 bits per heavy atom. The topological polar surface area (TPSA) is 0 Å². The number of halogens is 1. The molecule has 0 radical (unpaired) electrons. The highest BCUT2D eigenvalue weighted by atomic mass is 19.1. The van der Waals surface area contributed by atoms with Crippen molar-refractivity contribution >= 4 is 0 Å². The van der Waals surface area contributed by atoms with E-state index < -0.39 is 0 Å². The fourth-order valence-electron chi connectivity index (χ4n) is 0.876. The molecule has 0 spiro atoms. The lowest BCUT2D eigenvalue weighted by Crippen LogP contribution is -1.82. The lowest BCUT2D eigenvalue weighted by Gasteiger charge is -2.01. The third-order valence-corrected chi connectivity index (χ3v) is 1.73. The average Bonchev–Trinajstić information content (AvgIpc) is 1.98. The van der Waals surface area contributed by atoms with Gasteiger partial charge < -0.3 is 0 Å². The molecule has 0 aliphatic heterocycles. The van der Waals surface area contributed by atoms with E-state index in [1.807, 2.05) is 20.8 Å². The molecule has 0 bridgehead atoms. The van der Waals surface area contributed by atoms with E-state index in [2.05, 4.69) is 6.58 Å². The molecule has 0 unspecified atom stereocenters. The van der Waals surface area contributed by atoms with Crippen molar-refractivity contribution in [3.63, 3.8) is 0 Å². The first kappa shape index (κ1) is 11.2. The number of hydrogen-bond acceptors (Lipinski definition) is 0. The van der Waals surface area contributed by atoms with Crippen molar-refractivity contribution in [1.82, 2.24) is 0 Å². The molecule has 0 atom stereocenters. The Labute approximate surface area is 74.5 Å². The predicted molar refractivity (Wildman–Crippen MR) is 52.7 cm³/mol. The van der Waals surface area contributed by atoms with Crippen molar-refractivity contribution in [3.05, 3.63) is 35.2 Å². The Bertz CT molecular complexity index is 227. The predicted octanol–water partition coefficient (Wildman–Crippen LogP) is 4.16. The monoisotopic (exact) mass is 168 g/mol. The summed E-state index contributed by atoms with van der Waals surface area (Å²) in [4.78, 5) is 0. The van der Waals surface area contributed by atoms with Gasteiger partial charge in [0, 0.05) is 0 Å². The Balaban J connectivity index is 4.72. The van der Waals surface area contributed by atoms with Gasteiger partial charge in [-0.2, -0.15) is 0 Å². The lowest BCUT2D eigenvalue weighted by atomic mass is 10.1. The van der Waals surface area contributed by atoms with E-state index in [9.17, 15) is 4.39 Å². The van der Waals surface area contributed by atoms with Crippen LogP contribution in [-0.2, 0) is 0 Å². The highest BCUT2D eigenvalue weighted by molar-refractivity contribution is 5.31. The normalized spacial score (nSPS) is 11.2. The van der Waals surface area contributed by atoms with Crippen LogP contribution in [0.4, 0.5) is 4.39 Å². The molecule has 0 heterocycles. The van der Waals surface area contributed by atoms with Crippen molar-refractivity contribution < 1.29 is 4.39 Å². The van der Waals surface area contributed by atoms with Gasteiger partial charge in [-0.1, -0.05) is 19.1 Å². The van der Waals surface area contributed by atoms with Crippen LogP contribution in [0.25, 0.3) is 0 Å². The molecule has 0 aliphatic rings. The zero-order valence-corrected chi connectivity index (χ0v) is 8.37. The highest BCUT2D eigenvalue weighted by Crippen LogP contribution is 2.16. The summed E-state index contributed by atoms with van der Waals surface area (Å²) in [6.07, 6.45) is 2.43. The van der Waals surface area contributed by atoms with E-state index in [-0.39, 0.29) is 5.83 Å². The molecule has 0 rings (SSSR count). The molecule has 0 amide bonds. The summed E-state index contributed by atoms with van der Waals surface area (Å²) in [7, 11) is 0. The third kappa shape index (κ3) is 3.51. The molecule has 0 aliphatic carbocycles. The number of allylic oxidation sites excluding steroid dienone is 5. The minimum absolute atomic E-state index is 0.215. The lowest BCUT2D eigenvalue weighted by molar-refractivity contribution is 0.650. The largest absolute Gasteiger partial charge is 0.207 e. The second kappa shape index (κ2) is 4.91. The van der Waals surface area contributed by atoms with Crippen LogP contribution in [-0.4, -0.2) is 0 Å². The Morgan fingerprint density at radius 1 is 1.33 bits per heavy atom. The van der Waals surface area contributed by atoms with E-state index in [0.29, 0.717) is 5.57 Å². The molecule has 0 saturated heterocycles. The molecule has 0 saturated carbocycles. The van der Waals surface area contributed by atoms with Gasteiger partial charge in [0.2, 0.25) is 0 Å². The first-order valence-corrected chi connectivity index (χ1v) is 4.18. The van der Waals surface area contributed by atoms with Crippen molar-refractivity contribution in [1.29, 1.82) is 0 Å². The van der Waals surface area contributed by atoms with Gasteiger partial charge in [0.1, 0.15) is 5.83 Å². The average molecular weight is 168 g/mol. The summed E-state index contributed by atoms with van der Waals surface area (Å²) in [5.41, 5.74) is 2.70. The van der Waals surface area contributed by atoms with Crippen LogP contribution < -0.4 is 0 Å². The minimum Gasteiger partial charge on any atom is -0.207 e.